The topological polar surface area (TPSA) is 29.1 Å². The molecule has 0 aliphatic heterocycles. The maximum atomic E-state index is 9.22. The van der Waals surface area contributed by atoms with Crippen LogP contribution in [0.5, 0.6) is 0 Å². The number of carbonyl (C=O) groups is 1. The Morgan fingerprint density at radius 3 is 2.60 bits per heavy atom. The van der Waals surface area contributed by atoms with Gasteiger partial charge in [0.05, 0.1) is 0 Å². The Hall–Kier alpha value is -0.0105. The van der Waals surface area contributed by atoms with Gasteiger partial charge in [-0.05, 0) is 0 Å². The SMILES string of the molecule is O=CN[CH2][Cu]. The summed E-state index contributed by atoms with van der Waals surface area (Å²) in [5, 5.41) is 2.24. The van der Waals surface area contributed by atoms with Gasteiger partial charge in [0.15, 0.2) is 0 Å². The van der Waals surface area contributed by atoms with Gasteiger partial charge in [-0.2, -0.15) is 0 Å². The first-order valence-corrected chi connectivity index (χ1v) is 1.76. The van der Waals surface area contributed by atoms with E-state index in [2.05, 4.69) is 21.3 Å². The van der Waals surface area contributed by atoms with E-state index in [0.717, 1.165) is 0 Å². The van der Waals surface area contributed by atoms with Crippen molar-refractivity contribution in [3.8, 4) is 0 Å². The van der Waals surface area contributed by atoms with Crippen LogP contribution in [-0.2, 0) is 20.8 Å². The summed E-state index contributed by atoms with van der Waals surface area (Å²) < 4.78 is 0. The summed E-state index contributed by atoms with van der Waals surface area (Å²) in [5.41, 5.74) is 0.288. The Bertz CT molecular complexity index is 30.8. The molecule has 5 heavy (non-hydrogen) atoms. The van der Waals surface area contributed by atoms with E-state index in [1.54, 1.807) is 0 Å². The van der Waals surface area contributed by atoms with Gasteiger partial charge in [-0.15, -0.1) is 0 Å². The second-order valence-corrected chi connectivity index (χ2v) is 0.761. The van der Waals surface area contributed by atoms with Crippen molar-refractivity contribution in [3.05, 3.63) is 0 Å². The van der Waals surface area contributed by atoms with Crippen molar-refractivity contribution in [1.82, 2.24) is 5.32 Å². The quantitative estimate of drug-likeness (QED) is 0.378. The van der Waals surface area contributed by atoms with E-state index in [4.69, 9.17) is 0 Å². The number of hydrogen-bond acceptors (Lipinski definition) is 1. The van der Waals surface area contributed by atoms with Gasteiger partial charge in [0.25, 0.3) is 0 Å². The summed E-state index contributed by atoms with van der Waals surface area (Å²) >= 11 is 4.43. The van der Waals surface area contributed by atoms with Crippen molar-refractivity contribution in [3.63, 3.8) is 0 Å². The van der Waals surface area contributed by atoms with Crippen LogP contribution in [0.4, 0.5) is 0 Å². The monoisotopic (exact) mass is 121 g/mol. The predicted octanol–water partition coefficient (Wildman–Crippen LogP) is -0.763. The molecule has 2 nitrogen and oxygen atoms in total. The Balaban J connectivity index is 2.40. The van der Waals surface area contributed by atoms with Gasteiger partial charge in [0.2, 0.25) is 0 Å². The molecule has 0 fully saturated rings. The van der Waals surface area contributed by atoms with E-state index in [-0.39, 0.29) is 5.44 Å². The first-order valence-electron chi connectivity index (χ1n) is 1.09. The van der Waals surface area contributed by atoms with Crippen LogP contribution in [0.2, 0.25) is 0 Å². The van der Waals surface area contributed by atoms with Crippen molar-refractivity contribution in [2.75, 3.05) is 5.44 Å². The minimum atomic E-state index is 0.288. The number of nitrogens with one attached hydrogen (secondary N) is 1. The number of hydrogen-bond donors (Lipinski definition) is 1. The van der Waals surface area contributed by atoms with Crippen LogP contribution >= 0.6 is 0 Å². The molecule has 0 rings (SSSR count). The second kappa shape index (κ2) is 3.99. The van der Waals surface area contributed by atoms with E-state index in [0.29, 0.717) is 6.41 Å². The molecule has 1 amide bonds. The average molecular weight is 122 g/mol. The third-order valence-corrected chi connectivity index (χ3v) is 0.337. The molecule has 0 atom stereocenters. The van der Waals surface area contributed by atoms with E-state index < -0.39 is 0 Å². The fourth-order valence-electron chi connectivity index (χ4n) is 0.0251. The third-order valence-electron chi connectivity index (χ3n) is 0.145. The van der Waals surface area contributed by atoms with Crippen LogP contribution in [0.15, 0.2) is 0 Å². The van der Waals surface area contributed by atoms with E-state index in [1.807, 2.05) is 0 Å². The standard InChI is InChI=1S/C2H4NO.Cu/c1-3-2-4;/h2H,1H2,(H,3,4);. The van der Waals surface area contributed by atoms with Crippen LogP contribution in [0.25, 0.3) is 0 Å². The van der Waals surface area contributed by atoms with Crippen molar-refractivity contribution in [1.29, 1.82) is 0 Å². The van der Waals surface area contributed by atoms with E-state index in [9.17, 15) is 4.79 Å². The summed E-state index contributed by atoms with van der Waals surface area (Å²) in [4.78, 5) is 9.22. The van der Waals surface area contributed by atoms with Crippen LogP contribution in [-0.4, -0.2) is 11.9 Å². The Morgan fingerprint density at radius 1 is 2.00 bits per heavy atom. The van der Waals surface area contributed by atoms with Gasteiger partial charge in [-0.3, -0.25) is 0 Å². The van der Waals surface area contributed by atoms with Gasteiger partial charge in [-0.1, -0.05) is 0 Å². The molecule has 0 heterocycles. The Kier molecular flexibility index (Phi) is 3.98. The molecule has 0 radical (unpaired) electrons. The zero-order valence-electron chi connectivity index (χ0n) is 2.49. The zero-order valence-corrected chi connectivity index (χ0v) is 3.44. The molecule has 0 aliphatic carbocycles. The van der Waals surface area contributed by atoms with Crippen LogP contribution < -0.4 is 5.32 Å². The molecule has 34 valence electrons. The summed E-state index contributed by atoms with van der Waals surface area (Å²) in [6.07, 6.45) is 0.571. The molecule has 0 saturated carbocycles. The molecule has 0 spiro atoms. The van der Waals surface area contributed by atoms with Crippen molar-refractivity contribution in [2.24, 2.45) is 0 Å². The zero-order chi connectivity index (χ0) is 4.12. The summed E-state index contributed by atoms with van der Waals surface area (Å²) in [6, 6.07) is 0. The Labute approximate surface area is 38.8 Å². The molecule has 0 aliphatic rings. The summed E-state index contributed by atoms with van der Waals surface area (Å²) in [5.74, 6) is 0. The molecule has 0 bridgehead atoms. The average Bonchev–Trinajstić information content (AvgIpc) is 1.41. The van der Waals surface area contributed by atoms with Crippen molar-refractivity contribution in [2.45, 2.75) is 0 Å². The van der Waals surface area contributed by atoms with Crippen LogP contribution in [0.3, 0.4) is 0 Å². The summed E-state index contributed by atoms with van der Waals surface area (Å²) in [6.45, 7) is 0. The minimum absolute atomic E-state index is 0.288. The van der Waals surface area contributed by atoms with Gasteiger partial charge < -0.3 is 0 Å². The van der Waals surface area contributed by atoms with Crippen molar-refractivity contribution < 1.29 is 20.8 Å². The first kappa shape index (κ1) is 4.99. The number of amides is 1. The summed E-state index contributed by atoms with van der Waals surface area (Å²) in [7, 11) is 0. The third kappa shape index (κ3) is 3.99. The van der Waals surface area contributed by atoms with Crippen LogP contribution in [0, 0.1) is 0 Å². The van der Waals surface area contributed by atoms with Gasteiger partial charge in [0.1, 0.15) is 0 Å². The van der Waals surface area contributed by atoms with E-state index in [1.165, 1.54) is 0 Å². The second-order valence-electron chi connectivity index (χ2n) is 0.429. The molecule has 1 N–H and O–H groups in total. The number of rotatable bonds is 2. The Morgan fingerprint density at radius 2 is 2.60 bits per heavy atom. The number of carbonyl (C=O) groups excluding carboxylic acids is 1. The van der Waals surface area contributed by atoms with Crippen LogP contribution in [0.1, 0.15) is 0 Å². The fraction of sp³-hybridized carbons (Fsp3) is 0.500. The molecule has 0 aromatic rings. The molecule has 0 aromatic carbocycles. The van der Waals surface area contributed by atoms with E-state index >= 15 is 0 Å². The molecule has 3 heteroatoms. The molecule has 0 aromatic heterocycles. The molecular weight excluding hydrogens is 118 g/mol. The molecular formula is C2H4CuNO. The van der Waals surface area contributed by atoms with Gasteiger partial charge in [-0.25, -0.2) is 0 Å². The van der Waals surface area contributed by atoms with Gasteiger partial charge in [0, 0.05) is 0 Å². The van der Waals surface area contributed by atoms with Gasteiger partial charge >= 0.3 is 38.0 Å². The predicted molar refractivity (Wildman–Crippen MR) is 14.1 cm³/mol. The van der Waals surface area contributed by atoms with Crippen molar-refractivity contribution >= 4 is 6.41 Å². The molecule has 0 saturated heterocycles. The normalized spacial score (nSPS) is 6.80. The fourth-order valence-corrected chi connectivity index (χ4v) is 0.104. The first-order chi connectivity index (χ1) is 2.41. The molecule has 0 unspecified atom stereocenters. The maximum absolute atomic E-state index is 9.22.